The van der Waals surface area contributed by atoms with Crippen LogP contribution in [0.15, 0.2) is 30.3 Å². The summed E-state index contributed by atoms with van der Waals surface area (Å²) in [6, 6.07) is 9.43. The van der Waals surface area contributed by atoms with Crippen molar-refractivity contribution in [2.75, 3.05) is 28.4 Å². The summed E-state index contributed by atoms with van der Waals surface area (Å²) in [7, 11) is 6.36. The highest BCUT2D eigenvalue weighted by molar-refractivity contribution is 5.76. The fourth-order valence-electron chi connectivity index (χ4n) is 4.17. The van der Waals surface area contributed by atoms with Gasteiger partial charge < -0.3 is 29.0 Å². The number of ether oxygens (including phenoxy) is 5. The maximum absolute atomic E-state index is 12.6. The Balaban J connectivity index is 1.60. The van der Waals surface area contributed by atoms with E-state index in [1.807, 2.05) is 37.3 Å². The molecule has 2 aromatic carbocycles. The van der Waals surface area contributed by atoms with Crippen LogP contribution in [0.3, 0.4) is 0 Å². The van der Waals surface area contributed by atoms with Gasteiger partial charge in [0.2, 0.25) is 11.7 Å². The third kappa shape index (κ3) is 6.24. The second-order valence-corrected chi connectivity index (χ2v) is 8.26. The van der Waals surface area contributed by atoms with Crippen LogP contribution in [0.1, 0.15) is 56.2 Å². The van der Waals surface area contributed by atoms with Crippen LogP contribution in [0.4, 0.5) is 0 Å². The molecule has 0 spiro atoms. The highest BCUT2D eigenvalue weighted by Gasteiger charge is 2.20. The van der Waals surface area contributed by atoms with E-state index in [0.29, 0.717) is 35.8 Å². The molecule has 0 radical (unpaired) electrons. The Bertz CT molecular complexity index is 913. The molecule has 1 fully saturated rings. The maximum Gasteiger partial charge on any atom is 0.220 e. The normalized spacial score (nSPS) is 14.5. The number of methoxy groups -OCH3 is 4. The Morgan fingerprint density at radius 1 is 0.909 bits per heavy atom. The van der Waals surface area contributed by atoms with E-state index in [0.717, 1.165) is 29.7 Å². The SMILES string of the molecule is COc1cc(C(C)NC(=O)CCc2cc(OC)c(OC)c(OC)c2)ccc1OC1CCCC1. The van der Waals surface area contributed by atoms with Gasteiger partial charge in [-0.2, -0.15) is 0 Å². The lowest BCUT2D eigenvalue weighted by molar-refractivity contribution is -0.121. The van der Waals surface area contributed by atoms with Crippen LogP contribution in [0.5, 0.6) is 28.7 Å². The molecule has 180 valence electrons. The van der Waals surface area contributed by atoms with Gasteiger partial charge in [0.15, 0.2) is 23.0 Å². The number of aryl methyl sites for hydroxylation is 1. The van der Waals surface area contributed by atoms with Crippen LogP contribution in [-0.2, 0) is 11.2 Å². The first-order valence-electron chi connectivity index (χ1n) is 11.4. The highest BCUT2D eigenvalue weighted by atomic mass is 16.5. The van der Waals surface area contributed by atoms with Crippen LogP contribution in [0.2, 0.25) is 0 Å². The van der Waals surface area contributed by atoms with Gasteiger partial charge in [0, 0.05) is 6.42 Å². The lowest BCUT2D eigenvalue weighted by Gasteiger charge is -2.19. The van der Waals surface area contributed by atoms with Crippen molar-refractivity contribution >= 4 is 5.91 Å². The minimum Gasteiger partial charge on any atom is -0.493 e. The largest absolute Gasteiger partial charge is 0.493 e. The molecule has 7 heteroatoms. The molecule has 1 atom stereocenters. The molecule has 1 saturated carbocycles. The van der Waals surface area contributed by atoms with E-state index < -0.39 is 0 Å². The van der Waals surface area contributed by atoms with E-state index in [1.54, 1.807) is 28.4 Å². The molecule has 0 saturated heterocycles. The second kappa shape index (κ2) is 11.7. The van der Waals surface area contributed by atoms with Gasteiger partial charge in [-0.1, -0.05) is 6.07 Å². The topological polar surface area (TPSA) is 75.3 Å². The van der Waals surface area contributed by atoms with Crippen molar-refractivity contribution in [3.8, 4) is 28.7 Å². The van der Waals surface area contributed by atoms with Crippen LogP contribution >= 0.6 is 0 Å². The lowest BCUT2D eigenvalue weighted by Crippen LogP contribution is -2.26. The van der Waals surface area contributed by atoms with Crippen LogP contribution < -0.4 is 29.0 Å². The quantitative estimate of drug-likeness (QED) is 0.520. The number of carbonyl (C=O) groups is 1. The van der Waals surface area contributed by atoms with Crippen LogP contribution in [-0.4, -0.2) is 40.5 Å². The summed E-state index contributed by atoms with van der Waals surface area (Å²) in [5, 5.41) is 3.07. The van der Waals surface area contributed by atoms with Gasteiger partial charge in [0.25, 0.3) is 0 Å². The van der Waals surface area contributed by atoms with Crippen molar-refractivity contribution in [2.24, 2.45) is 0 Å². The number of hydrogen-bond donors (Lipinski definition) is 1. The van der Waals surface area contributed by atoms with E-state index >= 15 is 0 Å². The molecule has 7 nitrogen and oxygen atoms in total. The predicted octanol–water partition coefficient (Wildman–Crippen LogP) is 4.85. The zero-order valence-corrected chi connectivity index (χ0v) is 20.2. The zero-order valence-electron chi connectivity index (χ0n) is 20.2. The molecule has 1 unspecified atom stereocenters. The number of amides is 1. The monoisotopic (exact) mass is 457 g/mol. The fraction of sp³-hybridized carbons (Fsp3) is 0.500. The van der Waals surface area contributed by atoms with Crippen molar-refractivity contribution in [1.29, 1.82) is 0 Å². The van der Waals surface area contributed by atoms with E-state index in [-0.39, 0.29) is 18.1 Å². The van der Waals surface area contributed by atoms with Crippen molar-refractivity contribution in [3.63, 3.8) is 0 Å². The minimum atomic E-state index is -0.160. The number of nitrogens with one attached hydrogen (secondary N) is 1. The molecular weight excluding hydrogens is 422 g/mol. The first kappa shape index (κ1) is 24.6. The summed E-state index contributed by atoms with van der Waals surface area (Å²) in [6.07, 6.45) is 5.74. The summed E-state index contributed by atoms with van der Waals surface area (Å²) in [5.41, 5.74) is 1.90. The first-order valence-corrected chi connectivity index (χ1v) is 11.4. The molecule has 3 rings (SSSR count). The molecule has 0 aromatic heterocycles. The molecule has 0 heterocycles. The average Bonchev–Trinajstić information content (AvgIpc) is 3.35. The fourth-order valence-corrected chi connectivity index (χ4v) is 4.17. The van der Waals surface area contributed by atoms with Gasteiger partial charge in [-0.3, -0.25) is 4.79 Å². The van der Waals surface area contributed by atoms with Gasteiger partial charge in [-0.25, -0.2) is 0 Å². The number of hydrogen-bond acceptors (Lipinski definition) is 6. The molecule has 1 aliphatic rings. The van der Waals surface area contributed by atoms with Crippen molar-refractivity contribution < 1.29 is 28.5 Å². The lowest BCUT2D eigenvalue weighted by atomic mass is 10.1. The molecule has 0 aliphatic heterocycles. The van der Waals surface area contributed by atoms with E-state index in [1.165, 1.54) is 12.8 Å². The Morgan fingerprint density at radius 2 is 1.55 bits per heavy atom. The standard InChI is InChI=1S/C26H35NO6/c1-17(19-11-12-21(22(16-19)29-2)33-20-8-6-7-9-20)27-25(28)13-10-18-14-23(30-3)26(32-5)24(15-18)31-4/h11-12,14-17,20H,6-10,13H2,1-5H3,(H,27,28). The van der Waals surface area contributed by atoms with Gasteiger partial charge in [-0.15, -0.1) is 0 Å². The van der Waals surface area contributed by atoms with Gasteiger partial charge in [0.1, 0.15) is 0 Å². The second-order valence-electron chi connectivity index (χ2n) is 8.26. The summed E-state index contributed by atoms with van der Waals surface area (Å²) >= 11 is 0. The van der Waals surface area contributed by atoms with Crippen molar-refractivity contribution in [1.82, 2.24) is 5.32 Å². The van der Waals surface area contributed by atoms with Gasteiger partial charge in [-0.05, 0) is 74.4 Å². The minimum absolute atomic E-state index is 0.0403. The van der Waals surface area contributed by atoms with E-state index in [9.17, 15) is 4.79 Å². The summed E-state index contributed by atoms with van der Waals surface area (Å²) in [5.74, 6) is 3.10. The summed E-state index contributed by atoms with van der Waals surface area (Å²) in [6.45, 7) is 1.96. The summed E-state index contributed by atoms with van der Waals surface area (Å²) in [4.78, 5) is 12.6. The Morgan fingerprint density at radius 3 is 2.12 bits per heavy atom. The molecular formula is C26H35NO6. The first-order chi connectivity index (χ1) is 16.0. The van der Waals surface area contributed by atoms with Crippen LogP contribution in [0.25, 0.3) is 0 Å². The molecule has 0 bridgehead atoms. The van der Waals surface area contributed by atoms with E-state index in [4.69, 9.17) is 23.7 Å². The Kier molecular flexibility index (Phi) is 8.69. The third-order valence-corrected chi connectivity index (χ3v) is 6.03. The van der Waals surface area contributed by atoms with Gasteiger partial charge >= 0.3 is 0 Å². The molecule has 1 aliphatic carbocycles. The third-order valence-electron chi connectivity index (χ3n) is 6.03. The predicted molar refractivity (Wildman–Crippen MR) is 127 cm³/mol. The van der Waals surface area contributed by atoms with Crippen molar-refractivity contribution in [2.45, 2.75) is 57.6 Å². The van der Waals surface area contributed by atoms with Crippen LogP contribution in [0, 0.1) is 0 Å². The molecule has 2 aromatic rings. The Labute approximate surface area is 196 Å². The molecule has 1 amide bonds. The summed E-state index contributed by atoms with van der Waals surface area (Å²) < 4.78 is 27.8. The van der Waals surface area contributed by atoms with Crippen molar-refractivity contribution in [3.05, 3.63) is 41.5 Å². The number of rotatable bonds is 11. The zero-order chi connectivity index (χ0) is 23.8. The number of benzene rings is 2. The number of carbonyl (C=O) groups excluding carboxylic acids is 1. The molecule has 33 heavy (non-hydrogen) atoms. The average molecular weight is 458 g/mol. The maximum atomic E-state index is 12.6. The molecule has 1 N–H and O–H groups in total. The highest BCUT2D eigenvalue weighted by Crippen LogP contribution is 2.38. The van der Waals surface area contributed by atoms with Gasteiger partial charge in [0.05, 0.1) is 40.6 Å². The smallest absolute Gasteiger partial charge is 0.220 e. The van der Waals surface area contributed by atoms with E-state index in [2.05, 4.69) is 5.32 Å². The Hall–Kier alpha value is -3.09.